The van der Waals surface area contributed by atoms with Gasteiger partial charge in [0.2, 0.25) is 10.0 Å². The first kappa shape index (κ1) is 17.3. The average Bonchev–Trinajstić information content (AvgIpc) is 2.43. The van der Waals surface area contributed by atoms with Crippen LogP contribution in [0.1, 0.15) is 6.92 Å². The summed E-state index contributed by atoms with van der Waals surface area (Å²) >= 11 is 0. The molecule has 1 rings (SSSR count). The molecule has 0 spiro atoms. The monoisotopic (exact) mass is 315 g/mol. The van der Waals surface area contributed by atoms with Crippen molar-refractivity contribution in [3.63, 3.8) is 0 Å². The summed E-state index contributed by atoms with van der Waals surface area (Å²) in [6.45, 7) is 2.11. The van der Waals surface area contributed by atoms with Crippen LogP contribution in [0.2, 0.25) is 0 Å². The molecule has 0 saturated carbocycles. The number of hydrogen-bond acceptors (Lipinski definition) is 4. The van der Waals surface area contributed by atoms with Gasteiger partial charge in [0.05, 0.1) is 4.90 Å². The Bertz CT molecular complexity index is 570. The van der Waals surface area contributed by atoms with E-state index >= 15 is 0 Å². The smallest absolute Gasteiger partial charge is 0.404 e. The molecule has 0 bridgehead atoms. The Kier molecular flexibility index (Phi) is 5.98. The van der Waals surface area contributed by atoms with E-state index in [9.17, 15) is 13.2 Å². The quantitative estimate of drug-likeness (QED) is 0.695. The van der Waals surface area contributed by atoms with Crippen LogP contribution in [0.3, 0.4) is 0 Å². The third kappa shape index (κ3) is 5.60. The van der Waals surface area contributed by atoms with E-state index in [1.54, 1.807) is 19.1 Å². The second kappa shape index (κ2) is 7.28. The molecule has 0 saturated heterocycles. The highest BCUT2D eigenvalue weighted by atomic mass is 32.2. The van der Waals surface area contributed by atoms with Gasteiger partial charge < -0.3 is 15.3 Å². The minimum Gasteiger partial charge on any atom is -0.465 e. The van der Waals surface area contributed by atoms with Crippen molar-refractivity contribution in [1.29, 1.82) is 0 Å². The van der Waals surface area contributed by atoms with E-state index in [0.29, 0.717) is 0 Å². The maximum absolute atomic E-state index is 12.1. The Morgan fingerprint density at radius 1 is 1.24 bits per heavy atom. The molecule has 0 fully saturated rings. The van der Waals surface area contributed by atoms with Crippen LogP contribution >= 0.6 is 0 Å². The van der Waals surface area contributed by atoms with Gasteiger partial charge in [-0.05, 0) is 30.2 Å². The summed E-state index contributed by atoms with van der Waals surface area (Å²) < 4.78 is 26.7. The minimum absolute atomic E-state index is 0.142. The first-order valence-corrected chi connectivity index (χ1v) is 7.94. The molecule has 118 valence electrons. The van der Waals surface area contributed by atoms with Gasteiger partial charge in [-0.2, -0.15) is 0 Å². The minimum atomic E-state index is -3.58. The highest BCUT2D eigenvalue weighted by Crippen LogP contribution is 2.15. The van der Waals surface area contributed by atoms with Crippen LogP contribution < -0.4 is 14.9 Å². The lowest BCUT2D eigenvalue weighted by atomic mass is 10.2. The topological polar surface area (TPSA) is 98.7 Å². The van der Waals surface area contributed by atoms with E-state index in [-0.39, 0.29) is 23.9 Å². The van der Waals surface area contributed by atoms with E-state index in [1.807, 2.05) is 19.0 Å². The van der Waals surface area contributed by atoms with Gasteiger partial charge >= 0.3 is 6.09 Å². The van der Waals surface area contributed by atoms with Gasteiger partial charge in [0, 0.05) is 32.9 Å². The Morgan fingerprint density at radius 2 is 1.81 bits per heavy atom. The van der Waals surface area contributed by atoms with Crippen molar-refractivity contribution in [3.05, 3.63) is 24.3 Å². The van der Waals surface area contributed by atoms with Crippen molar-refractivity contribution in [2.24, 2.45) is 5.92 Å². The molecular weight excluding hydrogens is 294 g/mol. The number of benzene rings is 1. The molecule has 1 amide bonds. The second-order valence-corrected chi connectivity index (χ2v) is 6.80. The van der Waals surface area contributed by atoms with Crippen molar-refractivity contribution in [2.75, 3.05) is 32.1 Å². The van der Waals surface area contributed by atoms with Crippen molar-refractivity contribution >= 4 is 21.8 Å². The number of carboxylic acid groups (broad SMARTS) is 1. The summed E-state index contributed by atoms with van der Waals surface area (Å²) in [5.41, 5.74) is 0.910. The Hall–Kier alpha value is -1.80. The van der Waals surface area contributed by atoms with Crippen molar-refractivity contribution in [1.82, 2.24) is 10.0 Å². The fraction of sp³-hybridized carbons (Fsp3) is 0.462. The van der Waals surface area contributed by atoms with Crippen molar-refractivity contribution in [2.45, 2.75) is 11.8 Å². The first-order chi connectivity index (χ1) is 9.72. The Morgan fingerprint density at radius 3 is 2.29 bits per heavy atom. The van der Waals surface area contributed by atoms with Crippen LogP contribution in [-0.2, 0) is 10.0 Å². The Balaban J connectivity index is 2.62. The lowest BCUT2D eigenvalue weighted by molar-refractivity contribution is 0.193. The number of amides is 1. The van der Waals surface area contributed by atoms with E-state index < -0.39 is 16.1 Å². The number of nitrogens with zero attached hydrogens (tertiary/aromatic N) is 1. The molecule has 1 aromatic rings. The lowest BCUT2D eigenvalue weighted by Gasteiger charge is -2.14. The van der Waals surface area contributed by atoms with Crippen LogP contribution in [0.4, 0.5) is 10.5 Å². The molecule has 21 heavy (non-hydrogen) atoms. The summed E-state index contributed by atoms with van der Waals surface area (Å²) in [5, 5.41) is 10.7. The molecule has 0 aliphatic heterocycles. The van der Waals surface area contributed by atoms with Gasteiger partial charge in [0.15, 0.2) is 0 Å². The Labute approximate surface area is 125 Å². The lowest BCUT2D eigenvalue weighted by Crippen LogP contribution is -2.34. The largest absolute Gasteiger partial charge is 0.465 e. The zero-order chi connectivity index (χ0) is 16.0. The van der Waals surface area contributed by atoms with Gasteiger partial charge in [0.25, 0.3) is 0 Å². The summed E-state index contributed by atoms with van der Waals surface area (Å²) in [4.78, 5) is 12.4. The summed E-state index contributed by atoms with van der Waals surface area (Å²) in [6.07, 6.45) is -1.12. The number of nitrogens with one attached hydrogen (secondary N) is 2. The number of carbonyl (C=O) groups is 1. The van der Waals surface area contributed by atoms with E-state index in [0.717, 1.165) is 5.69 Å². The van der Waals surface area contributed by atoms with Gasteiger partial charge in [-0.25, -0.2) is 17.9 Å². The maximum Gasteiger partial charge on any atom is 0.404 e. The standard InChI is InChI=1S/C13H21N3O4S/c1-10(8-14-13(17)18)9-15-21(19,20)12-6-4-11(5-7-12)16(2)3/h4-7,10,14-15H,8-9H2,1-3H3,(H,17,18). The highest BCUT2D eigenvalue weighted by Gasteiger charge is 2.15. The van der Waals surface area contributed by atoms with Crippen LogP contribution in [0.15, 0.2) is 29.2 Å². The molecule has 1 aromatic carbocycles. The molecule has 0 radical (unpaired) electrons. The maximum atomic E-state index is 12.1. The van der Waals surface area contributed by atoms with Gasteiger partial charge in [0.1, 0.15) is 0 Å². The molecule has 0 aliphatic rings. The van der Waals surface area contributed by atoms with Gasteiger partial charge in [-0.15, -0.1) is 0 Å². The molecule has 0 heterocycles. The normalized spacial score (nSPS) is 12.7. The molecular formula is C13H21N3O4S. The third-order valence-electron chi connectivity index (χ3n) is 2.89. The predicted octanol–water partition coefficient (Wildman–Crippen LogP) is 0.935. The van der Waals surface area contributed by atoms with Crippen LogP contribution in [0, 0.1) is 5.92 Å². The van der Waals surface area contributed by atoms with Gasteiger partial charge in [-0.3, -0.25) is 0 Å². The van der Waals surface area contributed by atoms with E-state index in [1.165, 1.54) is 12.1 Å². The number of anilines is 1. The zero-order valence-electron chi connectivity index (χ0n) is 12.3. The van der Waals surface area contributed by atoms with Gasteiger partial charge in [-0.1, -0.05) is 6.92 Å². The highest BCUT2D eigenvalue weighted by molar-refractivity contribution is 7.89. The summed E-state index contributed by atoms with van der Waals surface area (Å²) in [6, 6.07) is 6.53. The predicted molar refractivity (Wildman–Crippen MR) is 81.1 cm³/mol. The molecule has 1 unspecified atom stereocenters. The molecule has 0 aliphatic carbocycles. The zero-order valence-corrected chi connectivity index (χ0v) is 13.1. The van der Waals surface area contributed by atoms with E-state index in [2.05, 4.69) is 10.0 Å². The fourth-order valence-corrected chi connectivity index (χ4v) is 2.76. The van der Waals surface area contributed by atoms with E-state index in [4.69, 9.17) is 5.11 Å². The van der Waals surface area contributed by atoms with Crippen LogP contribution in [0.5, 0.6) is 0 Å². The van der Waals surface area contributed by atoms with Crippen molar-refractivity contribution < 1.29 is 18.3 Å². The molecule has 7 nitrogen and oxygen atoms in total. The molecule has 8 heteroatoms. The van der Waals surface area contributed by atoms with Crippen LogP contribution in [-0.4, -0.2) is 46.8 Å². The van der Waals surface area contributed by atoms with Crippen LogP contribution in [0.25, 0.3) is 0 Å². The molecule has 1 atom stereocenters. The summed E-state index contributed by atoms with van der Waals surface area (Å²) in [7, 11) is 0.168. The first-order valence-electron chi connectivity index (χ1n) is 6.46. The van der Waals surface area contributed by atoms with Crippen molar-refractivity contribution in [3.8, 4) is 0 Å². The SMILES string of the molecule is CC(CNC(=O)O)CNS(=O)(=O)c1ccc(N(C)C)cc1. The average molecular weight is 315 g/mol. The fourth-order valence-electron chi connectivity index (χ4n) is 1.59. The second-order valence-electron chi connectivity index (χ2n) is 5.03. The number of rotatable bonds is 7. The third-order valence-corrected chi connectivity index (χ3v) is 4.33. The molecule has 0 aromatic heterocycles. The number of hydrogen-bond donors (Lipinski definition) is 3. The molecule has 3 N–H and O–H groups in total. The number of sulfonamides is 1. The summed E-state index contributed by atoms with van der Waals surface area (Å²) in [5.74, 6) is -0.142.